The normalized spacial score (nSPS) is 12.3. The highest BCUT2D eigenvalue weighted by Gasteiger charge is 2.16. The highest BCUT2D eigenvalue weighted by atomic mass is 35.5. The highest BCUT2D eigenvalue weighted by Crippen LogP contribution is 2.37. The van der Waals surface area contributed by atoms with Crippen LogP contribution in [-0.2, 0) is 22.6 Å². The Morgan fingerprint density at radius 2 is 1.43 bits per heavy atom. The fourth-order valence-corrected chi connectivity index (χ4v) is 6.19. The second-order valence-corrected chi connectivity index (χ2v) is 12.8. The minimum absolute atomic E-state index is 0.186. The van der Waals surface area contributed by atoms with Crippen molar-refractivity contribution in [2.24, 2.45) is 0 Å². The maximum atomic E-state index is 10.8. The van der Waals surface area contributed by atoms with E-state index in [1.807, 2.05) is 36.4 Å². The van der Waals surface area contributed by atoms with E-state index in [4.69, 9.17) is 36.0 Å². The molecule has 0 aliphatic carbocycles. The molecule has 0 saturated carbocycles. The van der Waals surface area contributed by atoms with Gasteiger partial charge in [-0.05, 0) is 95.8 Å². The van der Waals surface area contributed by atoms with Crippen LogP contribution in [0.2, 0.25) is 5.02 Å². The summed E-state index contributed by atoms with van der Waals surface area (Å²) in [6, 6.07) is 23.9. The number of hydrogen-bond acceptors (Lipinski definition) is 8. The van der Waals surface area contributed by atoms with E-state index in [0.717, 1.165) is 44.5 Å². The van der Waals surface area contributed by atoms with Crippen molar-refractivity contribution in [3.05, 3.63) is 100 Å². The first kappa shape index (κ1) is 39.2. The van der Waals surface area contributed by atoms with Gasteiger partial charge in [-0.3, -0.25) is 9.59 Å². The first-order chi connectivity index (χ1) is 24.5. The fourth-order valence-electron chi connectivity index (χ4n) is 5.95. The number of carbonyl (C=O) groups is 2. The Kier molecular flexibility index (Phi) is 14.7. The molecule has 4 rings (SSSR count). The maximum absolute atomic E-state index is 10.8. The average molecular weight is 720 g/mol. The second kappa shape index (κ2) is 19.1. The van der Waals surface area contributed by atoms with Crippen molar-refractivity contribution in [3.8, 4) is 39.5 Å². The standard InChI is InChI=1S/C40H46ClNO9/c1-25-29(24-51-38-22-37(49-3)28(19-36(38)41)7-4-9-30(43)20-39(45)46)8-5-11-34(25)35-12-6-10-33(26(35)2)27-13-15-32(16-14-27)50-18-17-42-23-31(44)21-40(47)48/h5-6,8,10-16,19,22,30-31,42-44H,4,7,9,17-18,20-21,23-24H2,1-3H3,(H,45,46)(H,47,48)/t30-,31+/m1/s1. The lowest BCUT2D eigenvalue weighted by Crippen LogP contribution is -2.31. The molecule has 10 nitrogen and oxygen atoms in total. The molecule has 0 bridgehead atoms. The summed E-state index contributed by atoms with van der Waals surface area (Å²) >= 11 is 6.63. The predicted octanol–water partition coefficient (Wildman–Crippen LogP) is 6.84. The van der Waals surface area contributed by atoms with Gasteiger partial charge in [-0.25, -0.2) is 0 Å². The first-order valence-electron chi connectivity index (χ1n) is 16.9. The van der Waals surface area contributed by atoms with E-state index in [0.29, 0.717) is 61.3 Å². The summed E-state index contributed by atoms with van der Waals surface area (Å²) in [7, 11) is 1.57. The maximum Gasteiger partial charge on any atom is 0.306 e. The van der Waals surface area contributed by atoms with Gasteiger partial charge in [-0.1, -0.05) is 60.1 Å². The van der Waals surface area contributed by atoms with Crippen LogP contribution in [-0.4, -0.2) is 71.4 Å². The first-order valence-corrected chi connectivity index (χ1v) is 17.3. The van der Waals surface area contributed by atoms with E-state index in [1.54, 1.807) is 19.2 Å². The highest BCUT2D eigenvalue weighted by molar-refractivity contribution is 6.32. The molecule has 51 heavy (non-hydrogen) atoms. The average Bonchev–Trinajstić information content (AvgIpc) is 3.08. The number of benzene rings is 4. The third-order valence-corrected chi connectivity index (χ3v) is 8.98. The van der Waals surface area contributed by atoms with Crippen molar-refractivity contribution in [1.29, 1.82) is 0 Å². The van der Waals surface area contributed by atoms with Crippen molar-refractivity contribution >= 4 is 23.5 Å². The molecule has 0 aliphatic rings. The van der Waals surface area contributed by atoms with Crippen LogP contribution < -0.4 is 19.5 Å². The van der Waals surface area contributed by atoms with Crippen LogP contribution in [0.5, 0.6) is 17.2 Å². The molecule has 0 saturated heterocycles. The number of methoxy groups -OCH3 is 1. The van der Waals surface area contributed by atoms with Gasteiger partial charge in [0.1, 0.15) is 30.5 Å². The van der Waals surface area contributed by atoms with E-state index in [-0.39, 0.29) is 19.4 Å². The Morgan fingerprint density at radius 3 is 2.12 bits per heavy atom. The van der Waals surface area contributed by atoms with Crippen LogP contribution in [0.15, 0.2) is 72.8 Å². The molecule has 0 heterocycles. The topological polar surface area (TPSA) is 155 Å². The Bertz CT molecular complexity index is 1780. The van der Waals surface area contributed by atoms with Crippen molar-refractivity contribution in [1.82, 2.24) is 5.32 Å². The molecule has 272 valence electrons. The lowest BCUT2D eigenvalue weighted by molar-refractivity contribution is -0.140. The summed E-state index contributed by atoms with van der Waals surface area (Å²) in [6.07, 6.45) is -0.906. The molecule has 4 aromatic carbocycles. The molecule has 11 heteroatoms. The van der Waals surface area contributed by atoms with E-state index < -0.39 is 24.1 Å². The number of carboxylic acids is 2. The summed E-state index contributed by atoms with van der Waals surface area (Å²) in [4.78, 5) is 21.5. The quantitative estimate of drug-likeness (QED) is 0.0614. The Balaban J connectivity index is 1.40. The number of ether oxygens (including phenoxy) is 3. The summed E-state index contributed by atoms with van der Waals surface area (Å²) in [5.74, 6) is -0.246. The second-order valence-electron chi connectivity index (χ2n) is 12.4. The van der Waals surface area contributed by atoms with Gasteiger partial charge in [-0.2, -0.15) is 0 Å². The number of aliphatic hydroxyl groups excluding tert-OH is 2. The van der Waals surface area contributed by atoms with Crippen LogP contribution in [0.25, 0.3) is 22.3 Å². The molecule has 0 aliphatic heterocycles. The predicted molar refractivity (Wildman–Crippen MR) is 197 cm³/mol. The molecular weight excluding hydrogens is 674 g/mol. The summed E-state index contributed by atoms with van der Waals surface area (Å²) in [5.41, 5.74) is 8.45. The summed E-state index contributed by atoms with van der Waals surface area (Å²) in [6.45, 7) is 5.53. The Morgan fingerprint density at radius 1 is 0.784 bits per heavy atom. The number of aliphatic hydroxyl groups is 2. The zero-order chi connectivity index (χ0) is 36.9. The van der Waals surface area contributed by atoms with Crippen molar-refractivity contribution in [2.75, 3.05) is 26.8 Å². The smallest absolute Gasteiger partial charge is 0.306 e. The van der Waals surface area contributed by atoms with Gasteiger partial charge in [0.15, 0.2) is 0 Å². The zero-order valence-corrected chi connectivity index (χ0v) is 29.9. The van der Waals surface area contributed by atoms with Gasteiger partial charge in [0, 0.05) is 19.2 Å². The lowest BCUT2D eigenvalue weighted by Gasteiger charge is -2.18. The van der Waals surface area contributed by atoms with Crippen molar-refractivity contribution in [2.45, 2.75) is 64.8 Å². The van der Waals surface area contributed by atoms with E-state index >= 15 is 0 Å². The minimum atomic E-state index is -1.04. The van der Waals surface area contributed by atoms with E-state index in [9.17, 15) is 19.8 Å². The Labute approximate surface area is 303 Å². The fraction of sp³-hybridized carbons (Fsp3) is 0.350. The third kappa shape index (κ3) is 11.5. The number of rotatable bonds is 20. The van der Waals surface area contributed by atoms with Gasteiger partial charge in [0.25, 0.3) is 0 Å². The minimum Gasteiger partial charge on any atom is -0.496 e. The van der Waals surface area contributed by atoms with Crippen molar-refractivity contribution < 1.29 is 44.2 Å². The zero-order valence-electron chi connectivity index (χ0n) is 29.2. The molecule has 0 amide bonds. The van der Waals surface area contributed by atoms with Gasteiger partial charge in [-0.15, -0.1) is 0 Å². The summed E-state index contributed by atoms with van der Waals surface area (Å²) < 4.78 is 17.6. The monoisotopic (exact) mass is 719 g/mol. The number of aliphatic carboxylic acids is 2. The van der Waals surface area contributed by atoms with Crippen molar-refractivity contribution in [3.63, 3.8) is 0 Å². The van der Waals surface area contributed by atoms with Crippen LogP contribution in [0.3, 0.4) is 0 Å². The molecule has 0 fully saturated rings. The van der Waals surface area contributed by atoms with E-state index in [1.165, 1.54) is 0 Å². The van der Waals surface area contributed by atoms with Gasteiger partial charge in [0.2, 0.25) is 0 Å². The number of aryl methyl sites for hydroxylation is 1. The van der Waals surface area contributed by atoms with Gasteiger partial charge < -0.3 is 40.0 Å². The van der Waals surface area contributed by atoms with E-state index in [2.05, 4.69) is 43.4 Å². The molecule has 5 N–H and O–H groups in total. The van der Waals surface area contributed by atoms with Crippen LogP contribution in [0.4, 0.5) is 0 Å². The van der Waals surface area contributed by atoms with Crippen LogP contribution >= 0.6 is 11.6 Å². The molecule has 0 spiro atoms. The molecule has 0 unspecified atom stereocenters. The van der Waals surface area contributed by atoms with Gasteiger partial charge in [0.05, 0.1) is 37.2 Å². The number of nitrogens with one attached hydrogen (secondary N) is 1. The number of halogens is 1. The summed E-state index contributed by atoms with van der Waals surface area (Å²) in [5, 5.41) is 40.6. The Hall–Kier alpha value is -4.61. The lowest BCUT2D eigenvalue weighted by atomic mass is 9.89. The molecular formula is C40H46ClNO9. The van der Waals surface area contributed by atoms with Gasteiger partial charge >= 0.3 is 11.9 Å². The molecule has 4 aromatic rings. The molecule has 0 radical (unpaired) electrons. The van der Waals surface area contributed by atoms with Crippen LogP contribution in [0, 0.1) is 13.8 Å². The molecule has 2 atom stereocenters. The number of hydrogen-bond donors (Lipinski definition) is 5. The molecule has 0 aromatic heterocycles. The third-order valence-electron chi connectivity index (χ3n) is 8.68. The SMILES string of the molecule is COc1cc(OCc2cccc(-c3cccc(-c4ccc(OCCNC[C@@H](O)CC(=O)O)cc4)c3C)c2C)c(Cl)cc1CCC[C@@H](O)CC(=O)O. The van der Waals surface area contributed by atoms with Crippen LogP contribution in [0.1, 0.15) is 47.9 Å². The largest absolute Gasteiger partial charge is 0.496 e. The number of carboxylic acid groups (broad SMARTS) is 2.